The molecule has 0 fully saturated rings. The van der Waals surface area contributed by atoms with E-state index >= 15 is 0 Å². The first kappa shape index (κ1) is 16.0. The Morgan fingerprint density at radius 3 is 2.27 bits per heavy atom. The predicted molar refractivity (Wildman–Crippen MR) is 82.2 cm³/mol. The minimum atomic E-state index is -0.622. The number of halogens is 2. The zero-order chi connectivity index (χ0) is 16.1. The van der Waals surface area contributed by atoms with E-state index in [2.05, 4.69) is 10.9 Å². The van der Waals surface area contributed by atoms with Crippen LogP contribution in [0.25, 0.3) is 0 Å². The number of rotatable bonds is 3. The van der Waals surface area contributed by atoms with E-state index < -0.39 is 17.6 Å². The highest BCUT2D eigenvalue weighted by Crippen LogP contribution is 2.16. The standard InChI is InChI=1S/C16H14ClFN2O2/c1-2-10-3-5-11(6-4-10)15(21)19-20-16(22)13-8-7-12(18)9-14(13)17/h3-9H,2H2,1H3,(H,19,21)(H,20,22). The van der Waals surface area contributed by atoms with Gasteiger partial charge in [-0.25, -0.2) is 4.39 Å². The first-order chi connectivity index (χ1) is 10.5. The molecular weight excluding hydrogens is 307 g/mol. The van der Waals surface area contributed by atoms with Crippen LogP contribution in [0.4, 0.5) is 4.39 Å². The third-order valence-electron chi connectivity index (χ3n) is 3.09. The van der Waals surface area contributed by atoms with Gasteiger partial charge < -0.3 is 0 Å². The molecular formula is C16H14ClFN2O2. The molecule has 4 nitrogen and oxygen atoms in total. The van der Waals surface area contributed by atoms with Crippen LogP contribution in [-0.4, -0.2) is 11.8 Å². The molecule has 0 saturated carbocycles. The maximum atomic E-state index is 12.9. The van der Waals surface area contributed by atoms with Crippen molar-refractivity contribution < 1.29 is 14.0 Å². The van der Waals surface area contributed by atoms with Gasteiger partial charge in [0.1, 0.15) is 5.82 Å². The Bertz CT molecular complexity index is 702. The lowest BCUT2D eigenvalue weighted by Gasteiger charge is -2.09. The molecule has 22 heavy (non-hydrogen) atoms. The Hall–Kier alpha value is -2.40. The first-order valence-corrected chi connectivity index (χ1v) is 7.03. The van der Waals surface area contributed by atoms with Gasteiger partial charge in [-0.05, 0) is 42.3 Å². The molecule has 0 radical (unpaired) electrons. The van der Waals surface area contributed by atoms with Crippen molar-refractivity contribution in [1.29, 1.82) is 0 Å². The molecule has 2 N–H and O–H groups in total. The second kappa shape index (κ2) is 7.04. The molecule has 0 unspecified atom stereocenters. The van der Waals surface area contributed by atoms with E-state index in [1.165, 1.54) is 6.07 Å². The molecule has 0 saturated heterocycles. The molecule has 0 bridgehead atoms. The maximum Gasteiger partial charge on any atom is 0.271 e. The highest BCUT2D eigenvalue weighted by atomic mass is 35.5. The number of hydrogen-bond acceptors (Lipinski definition) is 2. The van der Waals surface area contributed by atoms with Crippen LogP contribution < -0.4 is 10.9 Å². The molecule has 0 aromatic heterocycles. The fraction of sp³-hybridized carbons (Fsp3) is 0.125. The average molecular weight is 321 g/mol. The van der Waals surface area contributed by atoms with Crippen molar-refractivity contribution in [2.75, 3.05) is 0 Å². The maximum absolute atomic E-state index is 12.9. The zero-order valence-corrected chi connectivity index (χ0v) is 12.6. The van der Waals surface area contributed by atoms with Crippen LogP contribution in [0.5, 0.6) is 0 Å². The van der Waals surface area contributed by atoms with E-state index in [9.17, 15) is 14.0 Å². The highest BCUT2D eigenvalue weighted by molar-refractivity contribution is 6.33. The number of amides is 2. The number of carbonyl (C=O) groups is 2. The zero-order valence-electron chi connectivity index (χ0n) is 11.8. The Labute approximate surface area is 132 Å². The third-order valence-corrected chi connectivity index (χ3v) is 3.40. The van der Waals surface area contributed by atoms with Gasteiger partial charge in [0, 0.05) is 5.56 Å². The molecule has 2 rings (SSSR count). The smallest absolute Gasteiger partial charge is 0.267 e. The number of aryl methyl sites for hydroxylation is 1. The van der Waals surface area contributed by atoms with Crippen molar-refractivity contribution in [3.8, 4) is 0 Å². The fourth-order valence-corrected chi connectivity index (χ4v) is 2.07. The quantitative estimate of drug-likeness (QED) is 0.854. The number of nitrogens with one attached hydrogen (secondary N) is 2. The molecule has 2 amide bonds. The van der Waals surface area contributed by atoms with Crippen LogP contribution in [0.1, 0.15) is 33.2 Å². The molecule has 0 aliphatic heterocycles. The molecule has 114 valence electrons. The summed E-state index contributed by atoms with van der Waals surface area (Å²) in [5, 5.41) is -0.0287. The monoisotopic (exact) mass is 320 g/mol. The van der Waals surface area contributed by atoms with Crippen LogP contribution >= 0.6 is 11.6 Å². The van der Waals surface area contributed by atoms with Gasteiger partial charge in [0.15, 0.2) is 0 Å². The lowest BCUT2D eigenvalue weighted by molar-refractivity contribution is 0.0846. The van der Waals surface area contributed by atoms with Gasteiger partial charge in [-0.1, -0.05) is 30.7 Å². The normalized spacial score (nSPS) is 10.1. The molecule has 0 aliphatic rings. The molecule has 2 aromatic rings. The van der Waals surface area contributed by atoms with Crippen molar-refractivity contribution in [2.45, 2.75) is 13.3 Å². The van der Waals surface area contributed by atoms with E-state index in [1.807, 2.05) is 19.1 Å². The van der Waals surface area contributed by atoms with Gasteiger partial charge >= 0.3 is 0 Å². The van der Waals surface area contributed by atoms with Crippen LogP contribution in [0.3, 0.4) is 0 Å². The molecule has 6 heteroatoms. The van der Waals surface area contributed by atoms with Crippen molar-refractivity contribution >= 4 is 23.4 Å². The van der Waals surface area contributed by atoms with Crippen LogP contribution in [0.2, 0.25) is 5.02 Å². The second-order valence-electron chi connectivity index (χ2n) is 4.58. The van der Waals surface area contributed by atoms with Crippen molar-refractivity contribution in [1.82, 2.24) is 10.9 Å². The second-order valence-corrected chi connectivity index (χ2v) is 4.99. The van der Waals surface area contributed by atoms with E-state index in [4.69, 9.17) is 11.6 Å². The lowest BCUT2D eigenvalue weighted by Crippen LogP contribution is -2.41. The number of carbonyl (C=O) groups excluding carboxylic acids is 2. The summed E-state index contributed by atoms with van der Waals surface area (Å²) in [6.07, 6.45) is 0.877. The summed E-state index contributed by atoms with van der Waals surface area (Å²) in [5.74, 6) is -1.61. The summed E-state index contributed by atoms with van der Waals surface area (Å²) >= 11 is 5.78. The summed E-state index contributed by atoms with van der Waals surface area (Å²) < 4.78 is 12.9. The number of hydrazine groups is 1. The molecule has 0 atom stereocenters. The van der Waals surface area contributed by atoms with Crippen molar-refractivity contribution in [2.24, 2.45) is 0 Å². The molecule has 0 heterocycles. The molecule has 0 aliphatic carbocycles. The van der Waals surface area contributed by atoms with Gasteiger partial charge in [0.2, 0.25) is 0 Å². The van der Waals surface area contributed by atoms with Gasteiger partial charge in [-0.2, -0.15) is 0 Å². The van der Waals surface area contributed by atoms with Crippen molar-refractivity contribution in [3.63, 3.8) is 0 Å². The van der Waals surface area contributed by atoms with Crippen molar-refractivity contribution in [3.05, 3.63) is 70.0 Å². The molecule has 0 spiro atoms. The van der Waals surface area contributed by atoms with E-state index in [0.29, 0.717) is 5.56 Å². The summed E-state index contributed by atoms with van der Waals surface area (Å²) in [7, 11) is 0. The van der Waals surface area contributed by atoms with Crippen LogP contribution in [0.15, 0.2) is 42.5 Å². The van der Waals surface area contributed by atoms with E-state index in [-0.39, 0.29) is 10.6 Å². The van der Waals surface area contributed by atoms with Gasteiger partial charge in [-0.15, -0.1) is 0 Å². The average Bonchev–Trinajstić information content (AvgIpc) is 2.52. The van der Waals surface area contributed by atoms with E-state index in [0.717, 1.165) is 24.1 Å². The largest absolute Gasteiger partial charge is 0.271 e. The van der Waals surface area contributed by atoms with Crippen LogP contribution in [0, 0.1) is 5.82 Å². The van der Waals surface area contributed by atoms with Gasteiger partial charge in [0.05, 0.1) is 10.6 Å². The van der Waals surface area contributed by atoms with Crippen LogP contribution in [-0.2, 0) is 6.42 Å². The topological polar surface area (TPSA) is 58.2 Å². The summed E-state index contributed by atoms with van der Waals surface area (Å²) in [6, 6.07) is 10.4. The number of hydrogen-bond donors (Lipinski definition) is 2. The van der Waals surface area contributed by atoms with Gasteiger partial charge in [0.25, 0.3) is 11.8 Å². The van der Waals surface area contributed by atoms with Gasteiger partial charge in [-0.3, -0.25) is 20.4 Å². The minimum absolute atomic E-state index is 0.0287. The number of benzene rings is 2. The summed E-state index contributed by atoms with van der Waals surface area (Å²) in [6.45, 7) is 2.02. The predicted octanol–water partition coefficient (Wildman–Crippen LogP) is 3.12. The SMILES string of the molecule is CCc1ccc(C(=O)NNC(=O)c2ccc(F)cc2Cl)cc1. The Morgan fingerprint density at radius 2 is 1.68 bits per heavy atom. The summed E-state index contributed by atoms with van der Waals surface area (Å²) in [4.78, 5) is 23.8. The Kier molecular flexibility index (Phi) is 5.12. The molecule has 2 aromatic carbocycles. The fourth-order valence-electron chi connectivity index (χ4n) is 1.82. The lowest BCUT2D eigenvalue weighted by atomic mass is 10.1. The Morgan fingerprint density at radius 1 is 1.05 bits per heavy atom. The summed E-state index contributed by atoms with van der Waals surface area (Å²) in [5.41, 5.74) is 6.13. The Balaban J connectivity index is 1.99. The minimum Gasteiger partial charge on any atom is -0.267 e. The van der Waals surface area contributed by atoms with E-state index in [1.54, 1.807) is 12.1 Å². The third kappa shape index (κ3) is 3.83. The first-order valence-electron chi connectivity index (χ1n) is 6.66. The highest BCUT2D eigenvalue weighted by Gasteiger charge is 2.12.